The summed E-state index contributed by atoms with van der Waals surface area (Å²) in [4.78, 5) is 25.0. The number of hydrogen-bond acceptors (Lipinski definition) is 5. The molecule has 1 N–H and O–H groups in total. The number of carbonyl (C=O) groups is 2. The van der Waals surface area contributed by atoms with E-state index in [1.165, 1.54) is 16.4 Å². The average molecular weight is 358 g/mol. The van der Waals surface area contributed by atoms with Gasteiger partial charge in [-0.3, -0.25) is 4.79 Å². The highest BCUT2D eigenvalue weighted by molar-refractivity contribution is 5.84. The van der Waals surface area contributed by atoms with Crippen molar-refractivity contribution in [3.63, 3.8) is 0 Å². The van der Waals surface area contributed by atoms with Gasteiger partial charge in [-0.2, -0.15) is 0 Å². The smallest absolute Gasteiger partial charge is 0.358 e. The summed E-state index contributed by atoms with van der Waals surface area (Å²) in [6, 6.07) is 8.03. The Morgan fingerprint density at radius 1 is 1.27 bits per heavy atom. The molecule has 0 spiro atoms. The van der Waals surface area contributed by atoms with Crippen molar-refractivity contribution in [1.29, 1.82) is 0 Å². The second-order valence-electron chi connectivity index (χ2n) is 6.45. The molecule has 0 saturated carbocycles. The first-order valence-corrected chi connectivity index (χ1v) is 8.60. The molecule has 0 unspecified atom stereocenters. The lowest BCUT2D eigenvalue weighted by Crippen LogP contribution is -2.40. The number of methoxy groups -OCH3 is 1. The van der Waals surface area contributed by atoms with Gasteiger partial charge in [0.1, 0.15) is 12.3 Å². The number of aromatic nitrogens is 3. The number of para-hydroxylation sites is 1. The predicted molar refractivity (Wildman–Crippen MR) is 93.0 cm³/mol. The zero-order valence-electron chi connectivity index (χ0n) is 14.7. The van der Waals surface area contributed by atoms with E-state index in [0.29, 0.717) is 19.0 Å². The molecule has 1 fully saturated rings. The van der Waals surface area contributed by atoms with Crippen molar-refractivity contribution in [2.24, 2.45) is 5.92 Å². The van der Waals surface area contributed by atoms with Crippen LogP contribution >= 0.6 is 0 Å². The predicted octanol–water partition coefficient (Wildman–Crippen LogP) is 1.47. The Morgan fingerprint density at radius 2 is 2.00 bits per heavy atom. The van der Waals surface area contributed by atoms with Gasteiger partial charge in [-0.25, -0.2) is 9.48 Å². The zero-order valence-corrected chi connectivity index (χ0v) is 14.7. The van der Waals surface area contributed by atoms with Crippen molar-refractivity contribution in [2.45, 2.75) is 25.8 Å². The lowest BCUT2D eigenvalue weighted by atomic mass is 9.90. The first-order chi connectivity index (χ1) is 12.6. The molecule has 2 heterocycles. The van der Waals surface area contributed by atoms with Gasteiger partial charge in [0.2, 0.25) is 5.91 Å². The van der Waals surface area contributed by atoms with Crippen LogP contribution in [-0.4, -0.2) is 57.1 Å². The van der Waals surface area contributed by atoms with Crippen LogP contribution in [0.1, 0.15) is 28.9 Å². The number of benzene rings is 1. The topological polar surface area (TPSA) is 97.5 Å². The van der Waals surface area contributed by atoms with Crippen LogP contribution in [-0.2, 0) is 17.8 Å². The van der Waals surface area contributed by atoms with Gasteiger partial charge in [0, 0.05) is 13.1 Å². The first kappa shape index (κ1) is 17.9. The maximum absolute atomic E-state index is 12.4. The molecule has 1 saturated heterocycles. The van der Waals surface area contributed by atoms with Crippen LogP contribution < -0.4 is 4.74 Å². The quantitative estimate of drug-likeness (QED) is 0.840. The zero-order chi connectivity index (χ0) is 18.5. The molecule has 0 bridgehead atoms. The van der Waals surface area contributed by atoms with Crippen molar-refractivity contribution in [2.75, 3.05) is 20.2 Å². The lowest BCUT2D eigenvalue weighted by molar-refractivity contribution is -0.133. The third-order valence-electron chi connectivity index (χ3n) is 4.72. The highest BCUT2D eigenvalue weighted by atomic mass is 16.5. The maximum atomic E-state index is 12.4. The van der Waals surface area contributed by atoms with E-state index in [2.05, 4.69) is 16.4 Å². The number of aromatic carboxylic acids is 1. The van der Waals surface area contributed by atoms with E-state index < -0.39 is 5.97 Å². The fourth-order valence-corrected chi connectivity index (χ4v) is 3.28. The van der Waals surface area contributed by atoms with E-state index in [1.807, 2.05) is 18.2 Å². The van der Waals surface area contributed by atoms with Crippen molar-refractivity contribution >= 4 is 11.9 Å². The van der Waals surface area contributed by atoms with Gasteiger partial charge in [0.05, 0.1) is 13.3 Å². The molecule has 8 heteroatoms. The number of carboxylic acids is 1. The number of hydrogen-bond donors (Lipinski definition) is 1. The first-order valence-electron chi connectivity index (χ1n) is 8.60. The Balaban J connectivity index is 1.51. The molecule has 8 nitrogen and oxygen atoms in total. The highest BCUT2D eigenvalue weighted by Crippen LogP contribution is 2.26. The number of rotatable bonds is 6. The second kappa shape index (κ2) is 7.99. The molecule has 1 aromatic heterocycles. The minimum absolute atomic E-state index is 0.0114. The van der Waals surface area contributed by atoms with Crippen LogP contribution in [0.15, 0.2) is 30.5 Å². The van der Waals surface area contributed by atoms with E-state index in [1.54, 1.807) is 12.0 Å². The molecule has 26 heavy (non-hydrogen) atoms. The van der Waals surface area contributed by atoms with Gasteiger partial charge >= 0.3 is 5.97 Å². The number of likely N-dealkylation sites (tertiary alicyclic amines) is 1. The number of carbonyl (C=O) groups excluding carboxylic acids is 1. The molecule has 2 aromatic rings. The summed E-state index contributed by atoms with van der Waals surface area (Å²) in [7, 11) is 1.68. The van der Waals surface area contributed by atoms with Crippen LogP contribution in [0, 0.1) is 5.92 Å². The highest BCUT2D eigenvalue weighted by Gasteiger charge is 2.24. The van der Waals surface area contributed by atoms with Gasteiger partial charge in [-0.15, -0.1) is 5.10 Å². The SMILES string of the molecule is COc1ccccc1CC1CCN(C(=O)Cn2cc(C(=O)O)nn2)CC1. The molecule has 0 aliphatic carbocycles. The average Bonchev–Trinajstić information content (AvgIpc) is 3.11. The number of ether oxygens (including phenoxy) is 1. The maximum Gasteiger partial charge on any atom is 0.358 e. The van der Waals surface area contributed by atoms with Gasteiger partial charge in [0.25, 0.3) is 0 Å². The molecule has 0 radical (unpaired) electrons. The van der Waals surface area contributed by atoms with E-state index in [-0.39, 0.29) is 18.1 Å². The monoisotopic (exact) mass is 358 g/mol. The van der Waals surface area contributed by atoms with Gasteiger partial charge in [0.15, 0.2) is 5.69 Å². The van der Waals surface area contributed by atoms with Gasteiger partial charge in [-0.05, 0) is 36.8 Å². The van der Waals surface area contributed by atoms with Crippen LogP contribution in [0.25, 0.3) is 0 Å². The summed E-state index contributed by atoms with van der Waals surface area (Å²) in [5.74, 6) is 0.204. The van der Waals surface area contributed by atoms with E-state index in [4.69, 9.17) is 9.84 Å². The van der Waals surface area contributed by atoms with Gasteiger partial charge in [-0.1, -0.05) is 23.4 Å². The molecular weight excluding hydrogens is 336 g/mol. The third kappa shape index (κ3) is 4.19. The summed E-state index contributed by atoms with van der Waals surface area (Å²) in [6.45, 7) is 1.40. The Morgan fingerprint density at radius 3 is 2.65 bits per heavy atom. The number of amides is 1. The molecule has 138 valence electrons. The third-order valence-corrected chi connectivity index (χ3v) is 4.72. The number of piperidine rings is 1. The Hall–Kier alpha value is -2.90. The second-order valence-corrected chi connectivity index (χ2v) is 6.45. The number of nitrogens with zero attached hydrogens (tertiary/aromatic N) is 4. The lowest BCUT2D eigenvalue weighted by Gasteiger charge is -2.32. The minimum Gasteiger partial charge on any atom is -0.496 e. The molecule has 3 rings (SSSR count). The summed E-state index contributed by atoms with van der Waals surface area (Å²) < 4.78 is 6.68. The summed E-state index contributed by atoms with van der Waals surface area (Å²) in [5.41, 5.74) is 1.04. The summed E-state index contributed by atoms with van der Waals surface area (Å²) >= 11 is 0. The van der Waals surface area contributed by atoms with Crippen molar-refractivity contribution in [3.05, 3.63) is 41.7 Å². The minimum atomic E-state index is -1.15. The molecule has 1 aliphatic heterocycles. The molecule has 1 aliphatic rings. The van der Waals surface area contributed by atoms with Gasteiger partial charge < -0.3 is 14.7 Å². The Labute approximate surface area is 151 Å². The van der Waals surface area contributed by atoms with Crippen LogP contribution in [0.2, 0.25) is 0 Å². The van der Waals surface area contributed by atoms with Crippen LogP contribution in [0.4, 0.5) is 0 Å². The van der Waals surface area contributed by atoms with E-state index in [0.717, 1.165) is 25.0 Å². The number of carboxylic acid groups (broad SMARTS) is 1. The van der Waals surface area contributed by atoms with Crippen molar-refractivity contribution < 1.29 is 19.4 Å². The molecule has 0 atom stereocenters. The standard InChI is InChI=1S/C18H22N4O4/c1-26-16-5-3-2-4-14(16)10-13-6-8-21(9-7-13)17(23)12-22-11-15(18(24)25)19-20-22/h2-5,11,13H,6-10,12H2,1H3,(H,24,25). The molecular formula is C18H22N4O4. The van der Waals surface area contributed by atoms with Crippen LogP contribution in [0.3, 0.4) is 0 Å². The van der Waals surface area contributed by atoms with E-state index >= 15 is 0 Å². The van der Waals surface area contributed by atoms with Crippen molar-refractivity contribution in [1.82, 2.24) is 19.9 Å². The van der Waals surface area contributed by atoms with E-state index in [9.17, 15) is 9.59 Å². The summed E-state index contributed by atoms with van der Waals surface area (Å²) in [6.07, 6.45) is 4.08. The normalized spacial score (nSPS) is 15.0. The van der Waals surface area contributed by atoms with Crippen molar-refractivity contribution in [3.8, 4) is 5.75 Å². The Bertz CT molecular complexity index is 781. The fraction of sp³-hybridized carbons (Fsp3) is 0.444. The fourth-order valence-electron chi connectivity index (χ4n) is 3.28. The molecule has 1 aromatic carbocycles. The largest absolute Gasteiger partial charge is 0.496 e. The summed E-state index contributed by atoms with van der Waals surface area (Å²) in [5, 5.41) is 16.1. The van der Waals surface area contributed by atoms with Crippen LogP contribution in [0.5, 0.6) is 5.75 Å². The Kier molecular flexibility index (Phi) is 5.50. The molecule has 1 amide bonds.